The van der Waals surface area contributed by atoms with Crippen LogP contribution in [-0.4, -0.2) is 81.8 Å². The topological polar surface area (TPSA) is 80.5 Å². The smallest absolute Gasteiger partial charge is 0.191 e. The summed E-state index contributed by atoms with van der Waals surface area (Å²) in [4.78, 5) is 7.24. The van der Waals surface area contributed by atoms with E-state index in [-0.39, 0.29) is 11.9 Å². The van der Waals surface area contributed by atoms with E-state index in [4.69, 9.17) is 23.6 Å². The maximum atomic E-state index is 6.36. The highest BCUT2D eigenvalue weighted by molar-refractivity contribution is 5.79. The molecule has 1 aromatic rings. The van der Waals surface area contributed by atoms with E-state index in [2.05, 4.69) is 15.5 Å². The van der Waals surface area contributed by atoms with Gasteiger partial charge in [0.05, 0.1) is 32.6 Å². The Bertz CT molecular complexity index is 653. The van der Waals surface area contributed by atoms with E-state index in [1.54, 1.807) is 6.26 Å². The number of furan rings is 1. The van der Waals surface area contributed by atoms with Crippen LogP contribution in [0.2, 0.25) is 0 Å². The Balaban J connectivity index is 1.26. The number of nitrogens with zero attached hydrogens (tertiary/aromatic N) is 2. The van der Waals surface area contributed by atoms with Crippen molar-refractivity contribution in [2.45, 2.75) is 56.8 Å². The van der Waals surface area contributed by atoms with E-state index in [1.165, 1.54) is 25.7 Å². The number of nitrogens with one attached hydrogen (secondary N) is 2. The molecule has 3 heterocycles. The average Bonchev–Trinajstić information content (AvgIpc) is 3.39. The fraction of sp³-hybridized carbons (Fsp3) is 0.783. The van der Waals surface area contributed by atoms with Crippen LogP contribution in [0.3, 0.4) is 0 Å². The highest BCUT2D eigenvalue weighted by Gasteiger charge is 2.41. The van der Waals surface area contributed by atoms with Crippen molar-refractivity contribution in [1.29, 1.82) is 0 Å². The minimum atomic E-state index is -0.354. The highest BCUT2D eigenvalue weighted by Crippen LogP contribution is 2.36. The predicted octanol–water partition coefficient (Wildman–Crippen LogP) is 2.16. The van der Waals surface area contributed by atoms with E-state index in [0.29, 0.717) is 13.2 Å². The molecule has 1 aliphatic carbocycles. The standard InChI is InChI=1S/C23H38N4O4/c1-2-4-9-23(8-3-1)30-19-21(31-23)18-26-22(24-10-7-20-6-5-15-29-20)25-11-12-27-13-16-28-17-14-27/h5-6,15,21H,1-4,7-14,16-19H2,(H2,24,25,26). The third-order valence-corrected chi connectivity index (χ3v) is 6.30. The second kappa shape index (κ2) is 11.9. The summed E-state index contributed by atoms with van der Waals surface area (Å²) in [5.41, 5.74) is 0. The predicted molar refractivity (Wildman–Crippen MR) is 119 cm³/mol. The van der Waals surface area contributed by atoms with Gasteiger partial charge in [-0.05, 0) is 25.0 Å². The summed E-state index contributed by atoms with van der Waals surface area (Å²) in [5, 5.41) is 6.92. The zero-order valence-electron chi connectivity index (χ0n) is 18.7. The van der Waals surface area contributed by atoms with Crippen LogP contribution >= 0.6 is 0 Å². The van der Waals surface area contributed by atoms with Gasteiger partial charge in [-0.3, -0.25) is 9.89 Å². The number of hydrogen-bond donors (Lipinski definition) is 2. The lowest BCUT2D eigenvalue weighted by Gasteiger charge is -2.27. The molecule has 3 aliphatic rings. The van der Waals surface area contributed by atoms with Gasteiger partial charge in [-0.2, -0.15) is 0 Å². The van der Waals surface area contributed by atoms with Crippen LogP contribution in [0.1, 0.15) is 44.3 Å². The molecule has 1 unspecified atom stereocenters. The second-order valence-electron chi connectivity index (χ2n) is 8.70. The maximum Gasteiger partial charge on any atom is 0.191 e. The van der Waals surface area contributed by atoms with Gasteiger partial charge >= 0.3 is 0 Å². The summed E-state index contributed by atoms with van der Waals surface area (Å²) in [5.74, 6) is 1.45. The molecule has 0 amide bonds. The first kappa shape index (κ1) is 22.6. The summed E-state index contributed by atoms with van der Waals surface area (Å²) >= 11 is 0. The quantitative estimate of drug-likeness (QED) is 0.479. The fourth-order valence-corrected chi connectivity index (χ4v) is 4.52. The summed E-state index contributed by atoms with van der Waals surface area (Å²) in [7, 11) is 0. The van der Waals surface area contributed by atoms with Crippen molar-refractivity contribution in [2.75, 3.05) is 59.1 Å². The van der Waals surface area contributed by atoms with Gasteiger partial charge in [-0.25, -0.2) is 0 Å². The number of morpholine rings is 1. The largest absolute Gasteiger partial charge is 0.469 e. The maximum absolute atomic E-state index is 6.36. The lowest BCUT2D eigenvalue weighted by molar-refractivity contribution is -0.174. The normalized spacial score (nSPS) is 24.9. The van der Waals surface area contributed by atoms with Crippen LogP contribution in [0.5, 0.6) is 0 Å². The monoisotopic (exact) mass is 434 g/mol. The zero-order valence-corrected chi connectivity index (χ0v) is 18.7. The van der Waals surface area contributed by atoms with Gasteiger partial charge in [-0.15, -0.1) is 0 Å². The number of hydrogen-bond acceptors (Lipinski definition) is 6. The molecule has 2 N–H and O–H groups in total. The fourth-order valence-electron chi connectivity index (χ4n) is 4.52. The first-order valence-corrected chi connectivity index (χ1v) is 12.0. The Morgan fingerprint density at radius 3 is 2.68 bits per heavy atom. The van der Waals surface area contributed by atoms with Gasteiger partial charge in [-0.1, -0.05) is 12.8 Å². The van der Waals surface area contributed by atoms with E-state index in [1.807, 2.05) is 12.1 Å². The Morgan fingerprint density at radius 2 is 1.90 bits per heavy atom. The summed E-state index contributed by atoms with van der Waals surface area (Å²) < 4.78 is 23.4. The molecule has 3 fully saturated rings. The number of rotatable bonds is 8. The molecule has 0 radical (unpaired) electrons. The van der Waals surface area contributed by atoms with Gasteiger partial charge in [0.25, 0.3) is 0 Å². The average molecular weight is 435 g/mol. The van der Waals surface area contributed by atoms with E-state index < -0.39 is 0 Å². The van der Waals surface area contributed by atoms with Crippen molar-refractivity contribution in [2.24, 2.45) is 4.99 Å². The van der Waals surface area contributed by atoms with Crippen LogP contribution in [0.4, 0.5) is 0 Å². The van der Waals surface area contributed by atoms with Crippen LogP contribution < -0.4 is 10.6 Å². The minimum Gasteiger partial charge on any atom is -0.469 e. The van der Waals surface area contributed by atoms with Crippen LogP contribution in [0.15, 0.2) is 27.8 Å². The Kier molecular flexibility index (Phi) is 8.63. The molecular formula is C23H38N4O4. The minimum absolute atomic E-state index is 0.0287. The molecule has 1 aromatic heterocycles. The van der Waals surface area contributed by atoms with Crippen molar-refractivity contribution >= 4 is 5.96 Å². The first-order chi connectivity index (χ1) is 15.3. The van der Waals surface area contributed by atoms with Gasteiger partial charge in [0, 0.05) is 52.0 Å². The van der Waals surface area contributed by atoms with Crippen molar-refractivity contribution < 1.29 is 18.6 Å². The number of guanidine groups is 1. The SMILES string of the molecule is c1coc(CCNC(=NCC2COC3(CCCCCC3)O2)NCCN2CCOCC2)c1. The lowest BCUT2D eigenvalue weighted by atomic mass is 10.1. The molecule has 2 saturated heterocycles. The number of aliphatic imine (C=N–C) groups is 1. The molecule has 4 rings (SSSR count). The van der Waals surface area contributed by atoms with Crippen molar-refractivity contribution in [1.82, 2.24) is 15.5 Å². The molecule has 8 heteroatoms. The van der Waals surface area contributed by atoms with Crippen LogP contribution in [-0.2, 0) is 20.6 Å². The zero-order chi connectivity index (χ0) is 21.2. The molecule has 1 spiro atoms. The summed E-state index contributed by atoms with van der Waals surface area (Å²) in [6, 6.07) is 3.92. The van der Waals surface area contributed by atoms with Crippen molar-refractivity contribution in [3.8, 4) is 0 Å². The molecule has 31 heavy (non-hydrogen) atoms. The van der Waals surface area contributed by atoms with Crippen molar-refractivity contribution in [3.05, 3.63) is 24.2 Å². The van der Waals surface area contributed by atoms with Crippen LogP contribution in [0, 0.1) is 0 Å². The van der Waals surface area contributed by atoms with E-state index in [9.17, 15) is 0 Å². The molecule has 1 saturated carbocycles. The first-order valence-electron chi connectivity index (χ1n) is 12.0. The molecule has 8 nitrogen and oxygen atoms in total. The molecule has 2 aliphatic heterocycles. The third kappa shape index (κ3) is 7.20. The number of ether oxygens (including phenoxy) is 3. The molecule has 0 aromatic carbocycles. The van der Waals surface area contributed by atoms with Crippen LogP contribution in [0.25, 0.3) is 0 Å². The summed E-state index contributed by atoms with van der Waals surface area (Å²) in [6.07, 6.45) is 9.55. The van der Waals surface area contributed by atoms with Gasteiger partial charge < -0.3 is 29.3 Å². The van der Waals surface area contributed by atoms with Gasteiger partial charge in [0.2, 0.25) is 0 Å². The van der Waals surface area contributed by atoms with Crippen molar-refractivity contribution in [3.63, 3.8) is 0 Å². The Labute approximate surface area is 185 Å². The highest BCUT2D eigenvalue weighted by atomic mass is 16.7. The molecular weight excluding hydrogens is 396 g/mol. The molecule has 1 atom stereocenters. The van der Waals surface area contributed by atoms with Gasteiger partial charge in [0.1, 0.15) is 11.9 Å². The third-order valence-electron chi connectivity index (χ3n) is 6.30. The van der Waals surface area contributed by atoms with E-state index >= 15 is 0 Å². The second-order valence-corrected chi connectivity index (χ2v) is 8.70. The summed E-state index contributed by atoms with van der Waals surface area (Å²) in [6.45, 7) is 7.47. The van der Waals surface area contributed by atoms with E-state index in [0.717, 1.165) is 76.9 Å². The Hall–Kier alpha value is -1.61. The molecule has 174 valence electrons. The van der Waals surface area contributed by atoms with Gasteiger partial charge in [0.15, 0.2) is 11.7 Å². The Morgan fingerprint density at radius 1 is 1.10 bits per heavy atom. The lowest BCUT2D eigenvalue weighted by Crippen LogP contribution is -2.45. The molecule has 0 bridgehead atoms.